The van der Waals surface area contributed by atoms with Gasteiger partial charge in [0.05, 0.1) is 12.2 Å². The van der Waals surface area contributed by atoms with Crippen molar-refractivity contribution in [2.24, 2.45) is 0 Å². The summed E-state index contributed by atoms with van der Waals surface area (Å²) in [6, 6.07) is 7.36. The lowest BCUT2D eigenvalue weighted by Gasteiger charge is -2.33. The minimum Gasteiger partial charge on any atom is -0.339 e. The molecular formula is C16H20N6O. The molecule has 1 saturated heterocycles. The van der Waals surface area contributed by atoms with Crippen molar-refractivity contribution in [2.75, 3.05) is 18.0 Å². The van der Waals surface area contributed by atoms with Crippen LogP contribution in [0.1, 0.15) is 18.5 Å². The van der Waals surface area contributed by atoms with Crippen LogP contribution in [0, 0.1) is 0 Å². The molecule has 7 nitrogen and oxygen atoms in total. The molecule has 1 aliphatic rings. The fourth-order valence-corrected chi connectivity index (χ4v) is 2.64. The number of hydrogen-bond donors (Lipinski definition) is 2. The van der Waals surface area contributed by atoms with Gasteiger partial charge in [0.1, 0.15) is 0 Å². The minimum absolute atomic E-state index is 0.0938. The lowest BCUT2D eigenvalue weighted by Crippen LogP contribution is -2.50. The van der Waals surface area contributed by atoms with Crippen LogP contribution in [0.5, 0.6) is 0 Å². The molecule has 3 rings (SSSR count). The van der Waals surface area contributed by atoms with Gasteiger partial charge in [-0.25, -0.2) is 14.8 Å². The van der Waals surface area contributed by atoms with Crippen LogP contribution in [-0.2, 0) is 6.54 Å². The predicted octanol–water partition coefficient (Wildman–Crippen LogP) is 1.34. The first-order valence-electron chi connectivity index (χ1n) is 7.77. The first-order valence-corrected chi connectivity index (χ1v) is 7.77. The molecule has 2 aromatic heterocycles. The number of nitrogens with zero attached hydrogens (tertiary/aromatic N) is 4. The molecule has 0 aromatic carbocycles. The van der Waals surface area contributed by atoms with Gasteiger partial charge < -0.3 is 15.5 Å². The Bertz CT molecular complexity index is 621. The number of piperidine rings is 1. The number of anilines is 1. The molecule has 2 amide bonds. The zero-order valence-corrected chi connectivity index (χ0v) is 12.9. The van der Waals surface area contributed by atoms with E-state index in [9.17, 15) is 4.79 Å². The van der Waals surface area contributed by atoms with E-state index in [0.29, 0.717) is 12.5 Å². The molecule has 2 N–H and O–H groups in total. The molecule has 0 saturated carbocycles. The molecule has 1 fully saturated rings. The lowest BCUT2D eigenvalue weighted by atomic mass is 10.1. The first kappa shape index (κ1) is 15.2. The fourth-order valence-electron chi connectivity index (χ4n) is 2.64. The van der Waals surface area contributed by atoms with E-state index in [1.165, 1.54) is 0 Å². The molecule has 2 aromatic rings. The van der Waals surface area contributed by atoms with E-state index in [1.54, 1.807) is 24.7 Å². The number of hydrogen-bond acceptors (Lipinski definition) is 5. The standard InChI is InChI=1S/C16H20N6O/c23-16(20-11-13-5-1-2-7-17-13)21-14-6-3-10-22(12-14)15-18-8-4-9-19-15/h1-2,4-5,7-9,14H,3,6,10-12H2,(H2,20,21,23). The number of carbonyl (C=O) groups is 1. The number of amides is 2. The van der Waals surface area contributed by atoms with Gasteiger partial charge in [0.25, 0.3) is 0 Å². The molecule has 0 spiro atoms. The maximum Gasteiger partial charge on any atom is 0.315 e. The quantitative estimate of drug-likeness (QED) is 0.890. The van der Waals surface area contributed by atoms with Crippen LogP contribution in [-0.4, -0.2) is 40.1 Å². The van der Waals surface area contributed by atoms with Crippen molar-refractivity contribution < 1.29 is 4.79 Å². The molecule has 0 radical (unpaired) electrons. The zero-order valence-electron chi connectivity index (χ0n) is 12.9. The Morgan fingerprint density at radius 2 is 2.00 bits per heavy atom. The van der Waals surface area contributed by atoms with E-state index in [4.69, 9.17) is 0 Å². The van der Waals surface area contributed by atoms with Gasteiger partial charge >= 0.3 is 6.03 Å². The first-order chi connectivity index (χ1) is 11.3. The third kappa shape index (κ3) is 4.38. The van der Waals surface area contributed by atoms with Crippen molar-refractivity contribution in [3.05, 3.63) is 48.5 Å². The van der Waals surface area contributed by atoms with Crippen molar-refractivity contribution in [2.45, 2.75) is 25.4 Å². The summed E-state index contributed by atoms with van der Waals surface area (Å²) in [5.74, 6) is 0.716. The molecule has 120 valence electrons. The second-order valence-corrected chi connectivity index (χ2v) is 5.48. The van der Waals surface area contributed by atoms with Crippen LogP contribution >= 0.6 is 0 Å². The Hall–Kier alpha value is -2.70. The number of nitrogens with one attached hydrogen (secondary N) is 2. The summed E-state index contributed by atoms with van der Waals surface area (Å²) < 4.78 is 0. The van der Waals surface area contributed by atoms with E-state index in [0.717, 1.165) is 31.6 Å². The van der Waals surface area contributed by atoms with Crippen molar-refractivity contribution >= 4 is 12.0 Å². The second kappa shape index (κ2) is 7.53. The molecule has 1 aliphatic heterocycles. The van der Waals surface area contributed by atoms with Gasteiger partial charge in [-0.3, -0.25) is 4.98 Å². The van der Waals surface area contributed by atoms with Gasteiger partial charge in [-0.2, -0.15) is 0 Å². The Morgan fingerprint density at radius 3 is 2.78 bits per heavy atom. The van der Waals surface area contributed by atoms with E-state index < -0.39 is 0 Å². The van der Waals surface area contributed by atoms with E-state index in [2.05, 4.69) is 30.5 Å². The number of urea groups is 1. The molecule has 23 heavy (non-hydrogen) atoms. The molecule has 0 bridgehead atoms. The molecule has 0 aliphatic carbocycles. The summed E-state index contributed by atoms with van der Waals surface area (Å²) in [7, 11) is 0. The summed E-state index contributed by atoms with van der Waals surface area (Å²) in [6.07, 6.45) is 7.15. The highest BCUT2D eigenvalue weighted by Crippen LogP contribution is 2.15. The van der Waals surface area contributed by atoms with Gasteiger partial charge in [-0.05, 0) is 31.0 Å². The Kier molecular flexibility index (Phi) is 4.98. The number of pyridine rings is 1. The third-order valence-corrected chi connectivity index (χ3v) is 3.75. The van der Waals surface area contributed by atoms with Gasteiger partial charge in [0.15, 0.2) is 0 Å². The molecule has 1 atom stereocenters. The summed E-state index contributed by atoms with van der Waals surface area (Å²) >= 11 is 0. The second-order valence-electron chi connectivity index (χ2n) is 5.48. The Morgan fingerprint density at radius 1 is 1.17 bits per heavy atom. The van der Waals surface area contributed by atoms with Crippen LogP contribution in [0.25, 0.3) is 0 Å². The fraction of sp³-hybridized carbons (Fsp3) is 0.375. The largest absolute Gasteiger partial charge is 0.339 e. The normalized spacial score (nSPS) is 17.6. The van der Waals surface area contributed by atoms with Crippen LogP contribution in [0.15, 0.2) is 42.9 Å². The zero-order chi connectivity index (χ0) is 15.9. The highest BCUT2D eigenvalue weighted by molar-refractivity contribution is 5.74. The van der Waals surface area contributed by atoms with Crippen molar-refractivity contribution in [3.63, 3.8) is 0 Å². The minimum atomic E-state index is -0.170. The van der Waals surface area contributed by atoms with Crippen LogP contribution < -0.4 is 15.5 Å². The SMILES string of the molecule is O=C(NCc1ccccn1)NC1CCCN(c2ncccn2)C1. The van der Waals surface area contributed by atoms with E-state index in [1.807, 2.05) is 18.2 Å². The van der Waals surface area contributed by atoms with Crippen LogP contribution in [0.3, 0.4) is 0 Å². The van der Waals surface area contributed by atoms with Crippen molar-refractivity contribution in [1.82, 2.24) is 25.6 Å². The van der Waals surface area contributed by atoms with Gasteiger partial charge in [0, 0.05) is 37.7 Å². The summed E-state index contributed by atoms with van der Waals surface area (Å²) in [5.41, 5.74) is 0.839. The molecule has 3 heterocycles. The number of aromatic nitrogens is 3. The lowest BCUT2D eigenvalue weighted by molar-refractivity contribution is 0.234. The van der Waals surface area contributed by atoms with Gasteiger partial charge in [-0.1, -0.05) is 6.07 Å². The maximum atomic E-state index is 12.0. The summed E-state index contributed by atoms with van der Waals surface area (Å²) in [5, 5.41) is 5.85. The topological polar surface area (TPSA) is 83.0 Å². The van der Waals surface area contributed by atoms with Crippen LogP contribution in [0.4, 0.5) is 10.7 Å². The summed E-state index contributed by atoms with van der Waals surface area (Å²) in [6.45, 7) is 2.06. The number of rotatable bonds is 4. The number of carbonyl (C=O) groups excluding carboxylic acids is 1. The van der Waals surface area contributed by atoms with E-state index >= 15 is 0 Å². The van der Waals surface area contributed by atoms with Crippen LogP contribution in [0.2, 0.25) is 0 Å². The summed E-state index contributed by atoms with van der Waals surface area (Å²) in [4.78, 5) is 26.9. The van der Waals surface area contributed by atoms with Gasteiger partial charge in [-0.15, -0.1) is 0 Å². The maximum absolute atomic E-state index is 12.0. The molecule has 7 heteroatoms. The molecular weight excluding hydrogens is 292 g/mol. The van der Waals surface area contributed by atoms with Gasteiger partial charge in [0.2, 0.25) is 5.95 Å². The smallest absolute Gasteiger partial charge is 0.315 e. The van der Waals surface area contributed by atoms with E-state index in [-0.39, 0.29) is 12.1 Å². The average molecular weight is 312 g/mol. The predicted molar refractivity (Wildman–Crippen MR) is 86.9 cm³/mol. The highest BCUT2D eigenvalue weighted by Gasteiger charge is 2.22. The van der Waals surface area contributed by atoms with Crippen molar-refractivity contribution in [3.8, 4) is 0 Å². The molecule has 1 unspecified atom stereocenters. The Balaban J connectivity index is 1.48. The third-order valence-electron chi connectivity index (χ3n) is 3.75. The highest BCUT2D eigenvalue weighted by atomic mass is 16.2. The average Bonchev–Trinajstić information content (AvgIpc) is 2.62. The Labute approximate surface area is 135 Å². The van der Waals surface area contributed by atoms with Crippen molar-refractivity contribution in [1.29, 1.82) is 0 Å². The monoisotopic (exact) mass is 312 g/mol.